The molecule has 134 valence electrons. The number of hydrogen-bond acceptors (Lipinski definition) is 1. The molecule has 0 radical (unpaired) electrons. The zero-order valence-electron chi connectivity index (χ0n) is 13.9. The van der Waals surface area contributed by atoms with Crippen LogP contribution < -0.4 is 5.32 Å². The molecule has 5 heteroatoms. The molecule has 1 aliphatic carbocycles. The van der Waals surface area contributed by atoms with Crippen LogP contribution >= 0.6 is 0 Å². The predicted octanol–water partition coefficient (Wildman–Crippen LogP) is 5.39. The first-order chi connectivity index (χ1) is 11.9. The van der Waals surface area contributed by atoms with Gasteiger partial charge < -0.3 is 5.32 Å². The van der Waals surface area contributed by atoms with Crippen molar-refractivity contribution >= 4 is 0 Å². The highest BCUT2D eigenvalue weighted by Crippen LogP contribution is 2.44. The number of benzene rings is 2. The third-order valence-electron chi connectivity index (χ3n) is 4.82. The van der Waals surface area contributed by atoms with Crippen molar-refractivity contribution < 1.29 is 17.6 Å². The van der Waals surface area contributed by atoms with Crippen LogP contribution in [0, 0.1) is 0 Å². The van der Waals surface area contributed by atoms with E-state index in [4.69, 9.17) is 0 Å². The summed E-state index contributed by atoms with van der Waals surface area (Å²) in [5.41, 5.74) is 0.932. The van der Waals surface area contributed by atoms with Gasteiger partial charge >= 0.3 is 6.18 Å². The summed E-state index contributed by atoms with van der Waals surface area (Å²) in [7, 11) is 0. The number of hydrogen-bond donors (Lipinski definition) is 1. The molecule has 0 aromatic heterocycles. The van der Waals surface area contributed by atoms with Gasteiger partial charge in [-0.15, -0.1) is 0 Å². The van der Waals surface area contributed by atoms with E-state index in [9.17, 15) is 17.6 Å². The number of halogens is 4. The van der Waals surface area contributed by atoms with E-state index < -0.39 is 17.4 Å². The van der Waals surface area contributed by atoms with Crippen LogP contribution in [-0.2, 0) is 24.8 Å². The molecule has 0 saturated heterocycles. The van der Waals surface area contributed by atoms with E-state index in [1.54, 1.807) is 0 Å². The van der Waals surface area contributed by atoms with Crippen LogP contribution in [0.4, 0.5) is 17.6 Å². The van der Waals surface area contributed by atoms with Crippen molar-refractivity contribution in [3.05, 3.63) is 70.8 Å². The molecule has 0 amide bonds. The second kappa shape index (κ2) is 7.16. The van der Waals surface area contributed by atoms with E-state index in [-0.39, 0.29) is 0 Å². The van der Waals surface area contributed by atoms with Gasteiger partial charge in [0.25, 0.3) is 0 Å². The van der Waals surface area contributed by atoms with Crippen molar-refractivity contribution in [2.75, 3.05) is 6.54 Å². The molecular weight excluding hydrogens is 330 g/mol. The number of alkyl halides is 4. The molecule has 0 heterocycles. The molecule has 1 N–H and O–H groups in total. The molecule has 0 unspecified atom stereocenters. The molecule has 3 rings (SSSR count). The average molecular weight is 351 g/mol. The molecule has 1 saturated carbocycles. The molecule has 0 spiro atoms. The normalized spacial score (nSPS) is 16.5. The van der Waals surface area contributed by atoms with Crippen LogP contribution in [0.25, 0.3) is 0 Å². The third-order valence-corrected chi connectivity index (χ3v) is 4.82. The summed E-state index contributed by atoms with van der Waals surface area (Å²) in [6.45, 7) is 1.32. The van der Waals surface area contributed by atoms with Gasteiger partial charge in [-0.1, -0.05) is 36.4 Å². The SMILES string of the molecule is FC(F)(F)c1ccc(CCNCc2ccc(C3(F)CCC3)cc2)cc1. The van der Waals surface area contributed by atoms with E-state index >= 15 is 0 Å². The first kappa shape index (κ1) is 17.9. The minimum atomic E-state index is -4.29. The number of nitrogens with one attached hydrogen (secondary N) is 1. The van der Waals surface area contributed by atoms with Gasteiger partial charge in [-0.3, -0.25) is 0 Å². The van der Waals surface area contributed by atoms with Gasteiger partial charge in [0.1, 0.15) is 5.67 Å². The fourth-order valence-electron chi connectivity index (χ4n) is 3.02. The first-order valence-electron chi connectivity index (χ1n) is 8.52. The van der Waals surface area contributed by atoms with E-state index in [2.05, 4.69) is 5.32 Å². The first-order valence-corrected chi connectivity index (χ1v) is 8.52. The third kappa shape index (κ3) is 4.40. The maximum Gasteiger partial charge on any atom is 0.416 e. The van der Waals surface area contributed by atoms with E-state index in [1.165, 1.54) is 12.1 Å². The zero-order chi connectivity index (χ0) is 17.9. The van der Waals surface area contributed by atoms with Crippen LogP contribution in [-0.4, -0.2) is 6.54 Å². The minimum Gasteiger partial charge on any atom is -0.312 e. The quantitative estimate of drug-likeness (QED) is 0.544. The summed E-state index contributed by atoms with van der Waals surface area (Å²) in [4.78, 5) is 0. The fourth-order valence-corrected chi connectivity index (χ4v) is 3.02. The molecule has 1 nitrogen and oxygen atoms in total. The van der Waals surface area contributed by atoms with Crippen LogP contribution in [0.15, 0.2) is 48.5 Å². The Morgan fingerprint density at radius 2 is 1.48 bits per heavy atom. The van der Waals surface area contributed by atoms with E-state index in [0.717, 1.165) is 35.2 Å². The van der Waals surface area contributed by atoms with Crippen LogP contribution in [0.5, 0.6) is 0 Å². The Balaban J connectivity index is 1.44. The Morgan fingerprint density at radius 1 is 0.880 bits per heavy atom. The second-order valence-electron chi connectivity index (χ2n) is 6.64. The zero-order valence-corrected chi connectivity index (χ0v) is 13.9. The lowest BCUT2D eigenvalue weighted by molar-refractivity contribution is -0.137. The molecule has 2 aromatic carbocycles. The van der Waals surface area contributed by atoms with Crippen molar-refractivity contribution in [2.45, 2.75) is 44.1 Å². The monoisotopic (exact) mass is 351 g/mol. The molecular formula is C20H21F4N. The second-order valence-corrected chi connectivity index (χ2v) is 6.64. The Labute approximate surface area is 145 Å². The molecule has 25 heavy (non-hydrogen) atoms. The summed E-state index contributed by atoms with van der Waals surface area (Å²) in [6, 6.07) is 12.8. The van der Waals surface area contributed by atoms with E-state index in [1.807, 2.05) is 24.3 Å². The molecule has 1 aliphatic rings. The van der Waals surface area contributed by atoms with Gasteiger partial charge in [0.05, 0.1) is 5.56 Å². The summed E-state index contributed by atoms with van der Waals surface area (Å²) in [5, 5.41) is 3.27. The maximum absolute atomic E-state index is 14.3. The van der Waals surface area contributed by atoms with Gasteiger partial charge in [0, 0.05) is 6.54 Å². The standard InChI is InChI=1S/C20H21F4N/c21-19(11-1-12-19)17-6-4-16(5-7-17)14-25-13-10-15-2-8-18(9-3-15)20(22,23)24/h2-9,25H,1,10-14H2. The smallest absolute Gasteiger partial charge is 0.312 e. The van der Waals surface area contributed by atoms with Gasteiger partial charge in [-0.05, 0) is 61.1 Å². The largest absolute Gasteiger partial charge is 0.416 e. The van der Waals surface area contributed by atoms with Crippen LogP contribution in [0.3, 0.4) is 0 Å². The Kier molecular flexibility index (Phi) is 5.13. The highest BCUT2D eigenvalue weighted by Gasteiger charge is 2.38. The van der Waals surface area contributed by atoms with Gasteiger partial charge in [-0.25, -0.2) is 4.39 Å². The van der Waals surface area contributed by atoms with Crippen molar-refractivity contribution in [3.63, 3.8) is 0 Å². The lowest BCUT2D eigenvalue weighted by atomic mass is 9.77. The van der Waals surface area contributed by atoms with Crippen molar-refractivity contribution in [1.29, 1.82) is 0 Å². The minimum absolute atomic E-state index is 0.609. The summed E-state index contributed by atoms with van der Waals surface area (Å²) in [6.07, 6.45) is -1.47. The fraction of sp³-hybridized carbons (Fsp3) is 0.400. The van der Waals surface area contributed by atoms with Gasteiger partial charge in [0.15, 0.2) is 0 Å². The summed E-state index contributed by atoms with van der Waals surface area (Å²) in [5.74, 6) is 0. The maximum atomic E-state index is 14.3. The highest BCUT2D eigenvalue weighted by molar-refractivity contribution is 5.29. The Bertz CT molecular complexity index is 685. The highest BCUT2D eigenvalue weighted by atomic mass is 19.4. The molecule has 1 fully saturated rings. The van der Waals surface area contributed by atoms with E-state index in [0.29, 0.717) is 32.4 Å². The van der Waals surface area contributed by atoms with Crippen molar-refractivity contribution in [3.8, 4) is 0 Å². The summed E-state index contributed by atoms with van der Waals surface area (Å²) >= 11 is 0. The summed E-state index contributed by atoms with van der Waals surface area (Å²) < 4.78 is 51.8. The Hall–Kier alpha value is -1.88. The molecule has 0 atom stereocenters. The molecule has 2 aromatic rings. The van der Waals surface area contributed by atoms with Crippen LogP contribution in [0.1, 0.15) is 41.5 Å². The van der Waals surface area contributed by atoms with Crippen LogP contribution in [0.2, 0.25) is 0 Å². The predicted molar refractivity (Wildman–Crippen MR) is 89.9 cm³/mol. The topological polar surface area (TPSA) is 12.0 Å². The van der Waals surface area contributed by atoms with Crippen molar-refractivity contribution in [2.24, 2.45) is 0 Å². The van der Waals surface area contributed by atoms with Crippen molar-refractivity contribution in [1.82, 2.24) is 5.32 Å². The lowest BCUT2D eigenvalue weighted by Crippen LogP contribution is -2.28. The molecule has 0 aliphatic heterocycles. The van der Waals surface area contributed by atoms with Gasteiger partial charge in [0.2, 0.25) is 0 Å². The number of rotatable bonds is 6. The average Bonchev–Trinajstić information content (AvgIpc) is 2.57. The Morgan fingerprint density at radius 3 is 2.00 bits per heavy atom. The molecule has 0 bridgehead atoms. The lowest BCUT2D eigenvalue weighted by Gasteiger charge is -2.34. The van der Waals surface area contributed by atoms with Gasteiger partial charge in [-0.2, -0.15) is 13.2 Å².